The Bertz CT molecular complexity index is 1400. The molecule has 0 aromatic carbocycles. The Morgan fingerprint density at radius 1 is 0.827 bits per heavy atom. The van der Waals surface area contributed by atoms with E-state index in [2.05, 4.69) is 6.92 Å². The van der Waals surface area contributed by atoms with Crippen LogP contribution in [0.2, 0.25) is 0 Å². The molecular weight excluding hydrogens is 680 g/mol. The van der Waals surface area contributed by atoms with E-state index in [9.17, 15) is 39.0 Å². The van der Waals surface area contributed by atoms with Crippen molar-refractivity contribution in [2.24, 2.45) is 17.3 Å². The first-order valence-electron chi connectivity index (χ1n) is 18.2. The molecule has 1 heterocycles. The summed E-state index contributed by atoms with van der Waals surface area (Å²) in [5.74, 6) is -7.38. The number of esters is 6. The number of unbranched alkanes of at least 4 members (excludes halogenated alkanes) is 4. The van der Waals surface area contributed by atoms with E-state index < -0.39 is 94.8 Å². The quantitative estimate of drug-likeness (QED) is 0.148. The molecule has 0 aromatic heterocycles. The van der Waals surface area contributed by atoms with E-state index in [1.165, 1.54) is 39.0 Å². The minimum Gasteiger partial charge on any atom is -0.462 e. The van der Waals surface area contributed by atoms with Crippen molar-refractivity contribution >= 4 is 35.8 Å². The summed E-state index contributed by atoms with van der Waals surface area (Å²) in [6.07, 6.45) is 1.56. The van der Waals surface area contributed by atoms with Crippen LogP contribution in [-0.2, 0) is 57.2 Å². The van der Waals surface area contributed by atoms with Crippen LogP contribution in [-0.4, -0.2) is 94.4 Å². The number of fused-ring (bicyclic) bond motifs is 2. The van der Waals surface area contributed by atoms with Gasteiger partial charge in [-0.25, -0.2) is 0 Å². The fourth-order valence-electron chi connectivity index (χ4n) is 7.83. The molecule has 0 bridgehead atoms. The van der Waals surface area contributed by atoms with E-state index >= 15 is 0 Å². The zero-order valence-electron chi connectivity index (χ0n) is 31.6. The van der Waals surface area contributed by atoms with Crippen LogP contribution in [0.3, 0.4) is 0 Å². The largest absolute Gasteiger partial charge is 0.462 e. The SMILES string of the molecule is CCCCCCCC(=O)O[C@@H]1C[C@H](OC(C)=O)[C@]2(C)[C@H](OC(C)=O)/C=C\C(COC(=O)CCC)=C/[C@@H]3OC(=O)[C@H](C)C3(O)[C@H](OC(C)=O)[C@H]2[C@]1(C)O. The lowest BCUT2D eigenvalue weighted by molar-refractivity contribution is -0.286. The van der Waals surface area contributed by atoms with E-state index in [1.807, 2.05) is 0 Å². The van der Waals surface area contributed by atoms with Crippen LogP contribution in [0.25, 0.3) is 0 Å². The number of hydrogen-bond acceptors (Lipinski definition) is 14. The number of rotatable bonds is 14. The van der Waals surface area contributed by atoms with Crippen molar-refractivity contribution in [3.8, 4) is 0 Å². The monoisotopic (exact) mass is 736 g/mol. The molecule has 2 fully saturated rings. The van der Waals surface area contributed by atoms with E-state index in [0.29, 0.717) is 12.8 Å². The van der Waals surface area contributed by atoms with Gasteiger partial charge in [-0.1, -0.05) is 52.5 Å². The van der Waals surface area contributed by atoms with Crippen LogP contribution in [0, 0.1) is 17.3 Å². The second-order valence-corrected chi connectivity index (χ2v) is 14.6. The summed E-state index contributed by atoms with van der Waals surface area (Å²) in [6.45, 7) is 11.2. The van der Waals surface area contributed by atoms with Crippen LogP contribution in [0.4, 0.5) is 0 Å². The summed E-state index contributed by atoms with van der Waals surface area (Å²) in [7, 11) is 0. The Labute approximate surface area is 305 Å². The summed E-state index contributed by atoms with van der Waals surface area (Å²) >= 11 is 0. The van der Waals surface area contributed by atoms with Crippen LogP contribution < -0.4 is 0 Å². The first-order valence-corrected chi connectivity index (χ1v) is 18.2. The highest BCUT2D eigenvalue weighted by molar-refractivity contribution is 5.78. The fraction of sp³-hybridized carbons (Fsp3) is 0.737. The fourth-order valence-corrected chi connectivity index (χ4v) is 7.83. The van der Waals surface area contributed by atoms with Crippen LogP contribution >= 0.6 is 0 Å². The van der Waals surface area contributed by atoms with Crippen molar-refractivity contribution in [1.82, 2.24) is 0 Å². The van der Waals surface area contributed by atoms with Crippen LogP contribution in [0.15, 0.2) is 23.8 Å². The second kappa shape index (κ2) is 17.8. The molecule has 14 heteroatoms. The predicted molar refractivity (Wildman–Crippen MR) is 184 cm³/mol. The molecule has 3 aliphatic rings. The molecule has 1 unspecified atom stereocenters. The normalized spacial score (nSPS) is 35.7. The maximum Gasteiger partial charge on any atom is 0.312 e. The standard InChI is InChI=1S/C38H56O14/c1-9-11-12-13-14-16-32(43)51-29-20-28(49-24(5)40)36(7)27(48-23(4)39)18-17-26(21-47-31(42)15-10-2)19-30-38(46,22(3)35(44)52-30)34(50-25(6)41)33(36)37(29,8)45/h17-19,22,27-30,33-34,45-46H,9-16,20-21H2,1-8H3/b18-17-,26-19+/t22-,27+,28-,29+,30-,33+,34+,36-,37+,38?/m0/s1. The molecule has 0 radical (unpaired) electrons. The van der Waals surface area contributed by atoms with Gasteiger partial charge in [-0.2, -0.15) is 0 Å². The third-order valence-electron chi connectivity index (χ3n) is 10.5. The van der Waals surface area contributed by atoms with Gasteiger partial charge < -0.3 is 38.6 Å². The Morgan fingerprint density at radius 3 is 2.06 bits per heavy atom. The molecule has 10 atom stereocenters. The van der Waals surface area contributed by atoms with Crippen molar-refractivity contribution in [2.45, 2.75) is 155 Å². The summed E-state index contributed by atoms with van der Waals surface area (Å²) in [5.41, 5.74) is -6.14. The van der Waals surface area contributed by atoms with Gasteiger partial charge in [0.2, 0.25) is 0 Å². The van der Waals surface area contributed by atoms with Gasteiger partial charge in [-0.15, -0.1) is 0 Å². The zero-order chi connectivity index (χ0) is 39.0. The van der Waals surface area contributed by atoms with Crippen LogP contribution in [0.5, 0.6) is 0 Å². The van der Waals surface area contributed by atoms with Crippen LogP contribution in [0.1, 0.15) is 113 Å². The predicted octanol–water partition coefficient (Wildman–Crippen LogP) is 3.96. The summed E-state index contributed by atoms with van der Waals surface area (Å²) in [4.78, 5) is 77.3. The van der Waals surface area contributed by atoms with E-state index in [1.54, 1.807) is 6.92 Å². The molecule has 0 amide bonds. The van der Waals surface area contributed by atoms with Gasteiger partial charge in [-0.3, -0.25) is 28.8 Å². The lowest BCUT2D eigenvalue weighted by Gasteiger charge is -2.60. The minimum atomic E-state index is -2.42. The van der Waals surface area contributed by atoms with Crippen molar-refractivity contribution in [2.75, 3.05) is 6.61 Å². The molecule has 3 rings (SSSR count). The lowest BCUT2D eigenvalue weighted by Crippen LogP contribution is -2.74. The highest BCUT2D eigenvalue weighted by Crippen LogP contribution is 2.58. The number of aliphatic hydroxyl groups is 2. The van der Waals surface area contributed by atoms with Crippen molar-refractivity contribution in [3.05, 3.63) is 23.8 Å². The van der Waals surface area contributed by atoms with Crippen molar-refractivity contribution in [3.63, 3.8) is 0 Å². The van der Waals surface area contributed by atoms with E-state index in [-0.39, 0.29) is 31.4 Å². The molecule has 2 N–H and O–H groups in total. The minimum absolute atomic E-state index is 0.0461. The highest BCUT2D eigenvalue weighted by atomic mass is 16.6. The molecule has 1 aliphatic heterocycles. The maximum atomic E-state index is 13.3. The molecule has 0 spiro atoms. The Hall–Kier alpha value is -3.78. The number of ether oxygens (including phenoxy) is 6. The smallest absolute Gasteiger partial charge is 0.312 e. The molecule has 0 aromatic rings. The molecule has 14 nitrogen and oxygen atoms in total. The Balaban J connectivity index is 2.33. The average molecular weight is 737 g/mol. The first-order chi connectivity index (χ1) is 24.3. The summed E-state index contributed by atoms with van der Waals surface area (Å²) in [5, 5.41) is 25.5. The van der Waals surface area contributed by atoms with Gasteiger partial charge in [-0.05, 0) is 44.4 Å². The van der Waals surface area contributed by atoms with Gasteiger partial charge in [0, 0.05) is 46.0 Å². The van der Waals surface area contributed by atoms with Gasteiger partial charge in [0.1, 0.15) is 36.6 Å². The maximum absolute atomic E-state index is 13.3. The number of carbonyl (C=O) groups is 6. The van der Waals surface area contributed by atoms with Gasteiger partial charge in [0.25, 0.3) is 0 Å². The zero-order valence-corrected chi connectivity index (χ0v) is 31.6. The lowest BCUT2D eigenvalue weighted by atomic mass is 9.51. The van der Waals surface area contributed by atoms with Gasteiger partial charge >= 0.3 is 35.8 Å². The summed E-state index contributed by atoms with van der Waals surface area (Å²) < 4.78 is 34.7. The summed E-state index contributed by atoms with van der Waals surface area (Å²) in [6, 6.07) is 0. The van der Waals surface area contributed by atoms with Gasteiger partial charge in [0.15, 0.2) is 11.7 Å². The number of hydrogen-bond donors (Lipinski definition) is 2. The molecular formula is C38H56O14. The first kappa shape index (κ1) is 42.6. The molecule has 1 saturated heterocycles. The number of carbonyl (C=O) groups excluding carboxylic acids is 6. The highest BCUT2D eigenvalue weighted by Gasteiger charge is 2.72. The average Bonchev–Trinajstić information content (AvgIpc) is 3.26. The Morgan fingerprint density at radius 2 is 1.46 bits per heavy atom. The second-order valence-electron chi connectivity index (χ2n) is 14.6. The van der Waals surface area contributed by atoms with E-state index in [4.69, 9.17) is 28.4 Å². The van der Waals surface area contributed by atoms with Gasteiger partial charge in [0.05, 0.1) is 11.3 Å². The molecule has 292 valence electrons. The van der Waals surface area contributed by atoms with E-state index in [0.717, 1.165) is 46.5 Å². The van der Waals surface area contributed by atoms with Crippen molar-refractivity contribution in [1.29, 1.82) is 0 Å². The topological polar surface area (TPSA) is 198 Å². The third-order valence-corrected chi connectivity index (χ3v) is 10.5. The molecule has 2 aliphatic carbocycles. The third kappa shape index (κ3) is 9.41. The molecule has 52 heavy (non-hydrogen) atoms. The Kier molecular flexibility index (Phi) is 14.6. The molecule has 1 saturated carbocycles. The van der Waals surface area contributed by atoms with Crippen molar-refractivity contribution < 1.29 is 67.4 Å².